The number of hydrogen-bond donors (Lipinski definition) is 0. The van der Waals surface area contributed by atoms with Gasteiger partial charge in [0.25, 0.3) is 5.89 Å². The highest BCUT2D eigenvalue weighted by molar-refractivity contribution is 7.13. The molecule has 0 unspecified atom stereocenters. The molecule has 3 aromatic rings. The van der Waals surface area contributed by atoms with E-state index in [1.807, 2.05) is 47.8 Å². The lowest BCUT2D eigenvalue weighted by molar-refractivity contribution is -0.152. The Labute approximate surface area is 149 Å². The van der Waals surface area contributed by atoms with Crippen LogP contribution in [-0.4, -0.2) is 16.1 Å². The van der Waals surface area contributed by atoms with Gasteiger partial charge in [-0.3, -0.25) is 4.79 Å². The molecule has 5 nitrogen and oxygen atoms in total. The van der Waals surface area contributed by atoms with Crippen molar-refractivity contribution in [1.82, 2.24) is 10.1 Å². The van der Waals surface area contributed by atoms with Crippen LogP contribution in [0.1, 0.15) is 37.1 Å². The van der Waals surface area contributed by atoms with Gasteiger partial charge in [0.1, 0.15) is 0 Å². The molecule has 0 atom stereocenters. The molecule has 1 aliphatic rings. The fraction of sp³-hybridized carbons (Fsp3) is 0.316. The Balaban J connectivity index is 1.48. The summed E-state index contributed by atoms with van der Waals surface area (Å²) in [5.41, 5.74) is 0.486. The van der Waals surface area contributed by atoms with Crippen molar-refractivity contribution in [2.45, 2.75) is 37.7 Å². The van der Waals surface area contributed by atoms with Crippen molar-refractivity contribution < 1.29 is 14.1 Å². The normalized spacial score (nSPS) is 16.0. The van der Waals surface area contributed by atoms with Crippen LogP contribution in [0.25, 0.3) is 10.7 Å². The quantitative estimate of drug-likeness (QED) is 0.637. The van der Waals surface area contributed by atoms with Crippen LogP contribution in [0, 0.1) is 0 Å². The molecule has 6 heteroatoms. The van der Waals surface area contributed by atoms with Gasteiger partial charge in [-0.15, -0.1) is 11.3 Å². The van der Waals surface area contributed by atoms with Crippen LogP contribution in [0.4, 0.5) is 0 Å². The number of nitrogens with zero attached hydrogens (tertiary/aromatic N) is 2. The molecule has 25 heavy (non-hydrogen) atoms. The number of thiophene rings is 1. The molecule has 1 aromatic carbocycles. The van der Waals surface area contributed by atoms with E-state index in [4.69, 9.17) is 9.26 Å². The molecule has 1 fully saturated rings. The molecule has 0 radical (unpaired) electrons. The second kappa shape index (κ2) is 6.80. The molecule has 0 aliphatic heterocycles. The van der Waals surface area contributed by atoms with Crippen LogP contribution >= 0.6 is 11.3 Å². The van der Waals surface area contributed by atoms with E-state index in [9.17, 15) is 4.79 Å². The highest BCUT2D eigenvalue weighted by Gasteiger charge is 2.44. The zero-order valence-corrected chi connectivity index (χ0v) is 14.5. The van der Waals surface area contributed by atoms with Gasteiger partial charge in [0, 0.05) is 0 Å². The van der Waals surface area contributed by atoms with Gasteiger partial charge in [-0.2, -0.15) is 4.98 Å². The number of aromatic nitrogens is 2. The van der Waals surface area contributed by atoms with Crippen molar-refractivity contribution in [2.24, 2.45) is 0 Å². The maximum atomic E-state index is 12.9. The number of rotatable bonds is 5. The summed E-state index contributed by atoms with van der Waals surface area (Å²) in [4.78, 5) is 18.1. The highest BCUT2D eigenvalue weighted by atomic mass is 32.1. The Hall–Kier alpha value is -2.47. The van der Waals surface area contributed by atoms with Crippen molar-refractivity contribution in [3.8, 4) is 10.7 Å². The first-order chi connectivity index (χ1) is 12.3. The smallest absolute Gasteiger partial charge is 0.317 e. The van der Waals surface area contributed by atoms with Crippen molar-refractivity contribution in [2.75, 3.05) is 0 Å². The summed E-state index contributed by atoms with van der Waals surface area (Å²) in [6.45, 7) is 0.00575. The maximum Gasteiger partial charge on any atom is 0.317 e. The fourth-order valence-electron chi connectivity index (χ4n) is 3.43. The summed E-state index contributed by atoms with van der Waals surface area (Å²) in [5, 5.41) is 5.90. The summed E-state index contributed by atoms with van der Waals surface area (Å²) < 4.78 is 10.8. The molecular formula is C19H18N2O3S. The number of hydrogen-bond acceptors (Lipinski definition) is 6. The maximum absolute atomic E-state index is 12.9. The molecule has 0 spiro atoms. The van der Waals surface area contributed by atoms with Crippen molar-refractivity contribution in [3.05, 3.63) is 59.3 Å². The Bertz CT molecular complexity index is 837. The minimum Gasteiger partial charge on any atom is -0.455 e. The van der Waals surface area contributed by atoms with Gasteiger partial charge in [-0.25, -0.2) is 0 Å². The third-order valence-electron chi connectivity index (χ3n) is 4.71. The van der Waals surface area contributed by atoms with E-state index >= 15 is 0 Å². The van der Waals surface area contributed by atoms with Gasteiger partial charge < -0.3 is 9.26 Å². The first kappa shape index (κ1) is 16.0. The van der Waals surface area contributed by atoms with Gasteiger partial charge in [0.15, 0.2) is 6.61 Å². The number of carbonyl (C=O) groups excluding carboxylic acids is 1. The summed E-state index contributed by atoms with van der Waals surface area (Å²) in [7, 11) is 0. The van der Waals surface area contributed by atoms with Crippen LogP contribution in [0.5, 0.6) is 0 Å². The van der Waals surface area contributed by atoms with Crippen molar-refractivity contribution in [1.29, 1.82) is 0 Å². The lowest BCUT2D eigenvalue weighted by atomic mass is 9.79. The molecule has 0 amide bonds. The van der Waals surface area contributed by atoms with Crippen LogP contribution in [0.3, 0.4) is 0 Å². The summed E-state index contributed by atoms with van der Waals surface area (Å²) in [6, 6.07) is 13.8. The third kappa shape index (κ3) is 3.09. The summed E-state index contributed by atoms with van der Waals surface area (Å²) >= 11 is 1.54. The second-order valence-corrected chi connectivity index (χ2v) is 7.17. The average Bonchev–Trinajstić information content (AvgIpc) is 3.42. The molecule has 0 bridgehead atoms. The van der Waals surface area contributed by atoms with Crippen LogP contribution in [0.2, 0.25) is 0 Å². The van der Waals surface area contributed by atoms with E-state index in [1.165, 1.54) is 11.3 Å². The van der Waals surface area contributed by atoms with E-state index < -0.39 is 5.41 Å². The topological polar surface area (TPSA) is 65.2 Å². The van der Waals surface area contributed by atoms with Gasteiger partial charge in [0.05, 0.1) is 10.3 Å². The lowest BCUT2D eigenvalue weighted by Crippen LogP contribution is -2.34. The van der Waals surface area contributed by atoms with Crippen molar-refractivity contribution in [3.63, 3.8) is 0 Å². The van der Waals surface area contributed by atoms with E-state index in [-0.39, 0.29) is 12.6 Å². The average molecular weight is 354 g/mol. The van der Waals surface area contributed by atoms with Crippen LogP contribution in [-0.2, 0) is 21.6 Å². The van der Waals surface area contributed by atoms with E-state index in [1.54, 1.807) is 0 Å². The molecule has 128 valence electrons. The SMILES string of the molecule is O=C(OCc1nc(-c2cccs2)no1)C1(c2ccccc2)CCCC1. The van der Waals surface area contributed by atoms with Crippen LogP contribution < -0.4 is 0 Å². The van der Waals surface area contributed by atoms with Gasteiger partial charge in [-0.05, 0) is 29.9 Å². The largest absolute Gasteiger partial charge is 0.455 e. The third-order valence-corrected chi connectivity index (χ3v) is 5.58. The van der Waals surface area contributed by atoms with Crippen LogP contribution in [0.15, 0.2) is 52.4 Å². The predicted molar refractivity (Wildman–Crippen MR) is 94.0 cm³/mol. The first-order valence-electron chi connectivity index (χ1n) is 8.37. The van der Waals surface area contributed by atoms with Gasteiger partial charge >= 0.3 is 5.97 Å². The molecule has 1 aliphatic carbocycles. The minimum absolute atomic E-state index is 0.00575. The van der Waals surface area contributed by atoms with E-state index in [2.05, 4.69) is 10.1 Å². The molecule has 2 heterocycles. The zero-order chi connectivity index (χ0) is 17.1. The zero-order valence-electron chi connectivity index (χ0n) is 13.7. The lowest BCUT2D eigenvalue weighted by Gasteiger charge is -2.26. The molecular weight excluding hydrogens is 336 g/mol. The second-order valence-electron chi connectivity index (χ2n) is 6.22. The fourth-order valence-corrected chi connectivity index (χ4v) is 4.08. The summed E-state index contributed by atoms with van der Waals surface area (Å²) in [5.74, 6) is 0.643. The molecule has 1 saturated carbocycles. The standard InChI is InChI=1S/C19H18N2O3S/c22-18(19(10-4-5-11-19)14-7-2-1-3-8-14)23-13-16-20-17(21-24-16)15-9-6-12-25-15/h1-3,6-9,12H,4-5,10-11,13H2. The van der Waals surface area contributed by atoms with Gasteiger partial charge in [-0.1, -0.05) is 54.4 Å². The van der Waals surface area contributed by atoms with E-state index in [0.29, 0.717) is 11.7 Å². The molecule has 2 aromatic heterocycles. The molecule has 4 rings (SSSR count). The summed E-state index contributed by atoms with van der Waals surface area (Å²) in [6.07, 6.45) is 3.71. The Morgan fingerprint density at radius 2 is 1.96 bits per heavy atom. The highest BCUT2D eigenvalue weighted by Crippen LogP contribution is 2.42. The number of ether oxygens (including phenoxy) is 1. The number of esters is 1. The predicted octanol–water partition coefficient (Wildman–Crippen LogP) is 4.35. The molecule has 0 N–H and O–H groups in total. The van der Waals surface area contributed by atoms with Crippen molar-refractivity contribution >= 4 is 17.3 Å². The Kier molecular flexibility index (Phi) is 4.36. The number of benzene rings is 1. The molecule has 0 saturated heterocycles. The van der Waals surface area contributed by atoms with E-state index in [0.717, 1.165) is 36.1 Å². The number of carbonyl (C=O) groups is 1. The Morgan fingerprint density at radius 1 is 1.16 bits per heavy atom. The van der Waals surface area contributed by atoms with Gasteiger partial charge in [0.2, 0.25) is 5.82 Å². The minimum atomic E-state index is -0.544. The monoisotopic (exact) mass is 354 g/mol. The Morgan fingerprint density at radius 3 is 2.68 bits per heavy atom. The first-order valence-corrected chi connectivity index (χ1v) is 9.25.